The van der Waals surface area contributed by atoms with Gasteiger partial charge in [-0.3, -0.25) is 10.3 Å². The molecule has 110 valence electrons. The number of benzene rings is 1. The van der Waals surface area contributed by atoms with Gasteiger partial charge in [0.05, 0.1) is 5.69 Å². The van der Waals surface area contributed by atoms with E-state index in [2.05, 4.69) is 31.1 Å². The van der Waals surface area contributed by atoms with Crippen molar-refractivity contribution in [3.8, 4) is 0 Å². The molecule has 0 aliphatic rings. The van der Waals surface area contributed by atoms with Crippen LogP contribution in [0.5, 0.6) is 0 Å². The number of anilines is 1. The Bertz CT molecular complexity index is 586. The highest BCUT2D eigenvalue weighted by molar-refractivity contribution is 5.84. The summed E-state index contributed by atoms with van der Waals surface area (Å²) >= 11 is 0. The molecule has 0 aliphatic heterocycles. The number of amides is 1. The quantitative estimate of drug-likeness (QED) is 0.922. The third-order valence-electron chi connectivity index (χ3n) is 3.07. The highest BCUT2D eigenvalue weighted by Gasteiger charge is 2.13. The van der Waals surface area contributed by atoms with Crippen LogP contribution in [0.4, 0.5) is 10.5 Å². The summed E-state index contributed by atoms with van der Waals surface area (Å²) in [5, 5.41) is 2.70. The Morgan fingerprint density at radius 3 is 2.43 bits per heavy atom. The molecule has 0 atom stereocenters. The van der Waals surface area contributed by atoms with Crippen LogP contribution in [0, 0.1) is 0 Å². The van der Waals surface area contributed by atoms with Crippen molar-refractivity contribution < 1.29 is 9.53 Å². The smallest absolute Gasteiger partial charge is 0.412 e. The van der Waals surface area contributed by atoms with Crippen molar-refractivity contribution in [1.29, 1.82) is 0 Å². The molecule has 1 amide bonds. The predicted octanol–water partition coefficient (Wildman–Crippen LogP) is 4.13. The molecule has 0 bridgehead atoms. The van der Waals surface area contributed by atoms with E-state index >= 15 is 0 Å². The first-order valence-corrected chi connectivity index (χ1v) is 6.89. The normalized spacial score (nSPS) is 11.0. The maximum absolute atomic E-state index is 11.7. The van der Waals surface area contributed by atoms with Crippen LogP contribution in [0.25, 0.3) is 0 Å². The molecule has 2 aromatic rings. The summed E-state index contributed by atoms with van der Waals surface area (Å²) in [5.74, 6) is 0. The number of hydrogen-bond donors (Lipinski definition) is 1. The van der Waals surface area contributed by atoms with Gasteiger partial charge in [0.2, 0.25) is 0 Å². The Morgan fingerprint density at radius 2 is 1.86 bits per heavy atom. The average molecular weight is 284 g/mol. The molecule has 1 aromatic heterocycles. The molecule has 1 N–H and O–H groups in total. The van der Waals surface area contributed by atoms with Crippen molar-refractivity contribution in [2.75, 3.05) is 5.32 Å². The van der Waals surface area contributed by atoms with Crippen molar-refractivity contribution in [1.82, 2.24) is 4.98 Å². The van der Waals surface area contributed by atoms with E-state index in [4.69, 9.17) is 4.74 Å². The maximum Gasteiger partial charge on any atom is 0.412 e. The van der Waals surface area contributed by atoms with Crippen molar-refractivity contribution in [3.63, 3.8) is 0 Å². The van der Waals surface area contributed by atoms with Gasteiger partial charge in [-0.25, -0.2) is 4.79 Å². The van der Waals surface area contributed by atoms with Gasteiger partial charge < -0.3 is 4.74 Å². The fourth-order valence-corrected chi connectivity index (χ4v) is 1.83. The summed E-state index contributed by atoms with van der Waals surface area (Å²) in [7, 11) is 0. The Balaban J connectivity index is 1.88. The van der Waals surface area contributed by atoms with Crippen LogP contribution in [-0.2, 0) is 16.8 Å². The number of rotatable bonds is 3. The van der Waals surface area contributed by atoms with E-state index in [1.807, 2.05) is 42.5 Å². The van der Waals surface area contributed by atoms with Crippen molar-refractivity contribution in [2.24, 2.45) is 0 Å². The highest BCUT2D eigenvalue weighted by Crippen LogP contribution is 2.23. The van der Waals surface area contributed by atoms with Crippen LogP contribution < -0.4 is 5.32 Å². The Kier molecular flexibility index (Phi) is 4.58. The van der Waals surface area contributed by atoms with E-state index in [1.165, 1.54) is 5.56 Å². The Morgan fingerprint density at radius 1 is 1.14 bits per heavy atom. The summed E-state index contributed by atoms with van der Waals surface area (Å²) in [4.78, 5) is 15.8. The van der Waals surface area contributed by atoms with Gasteiger partial charge in [0.1, 0.15) is 6.61 Å². The fraction of sp³-hybridized carbons (Fsp3) is 0.294. The molecule has 0 fully saturated rings. The topological polar surface area (TPSA) is 51.2 Å². The zero-order valence-corrected chi connectivity index (χ0v) is 12.6. The number of aromatic nitrogens is 1. The van der Waals surface area contributed by atoms with Crippen LogP contribution >= 0.6 is 0 Å². The minimum atomic E-state index is -0.482. The predicted molar refractivity (Wildman–Crippen MR) is 83.2 cm³/mol. The van der Waals surface area contributed by atoms with Gasteiger partial charge >= 0.3 is 6.09 Å². The van der Waals surface area contributed by atoms with Crippen molar-refractivity contribution in [2.45, 2.75) is 32.8 Å². The van der Waals surface area contributed by atoms with E-state index < -0.39 is 6.09 Å². The van der Waals surface area contributed by atoms with Crippen LogP contribution in [0.2, 0.25) is 0 Å². The van der Waals surface area contributed by atoms with E-state index in [9.17, 15) is 4.79 Å². The lowest BCUT2D eigenvalue weighted by Crippen LogP contribution is -2.15. The van der Waals surface area contributed by atoms with Crippen LogP contribution in [-0.4, -0.2) is 11.1 Å². The fourth-order valence-electron chi connectivity index (χ4n) is 1.83. The third-order valence-corrected chi connectivity index (χ3v) is 3.07. The molecule has 0 aliphatic carbocycles. The first-order valence-electron chi connectivity index (χ1n) is 6.89. The van der Waals surface area contributed by atoms with Crippen molar-refractivity contribution in [3.05, 3.63) is 59.9 Å². The number of nitrogens with zero attached hydrogens (tertiary/aromatic N) is 1. The molecule has 4 heteroatoms. The number of hydrogen-bond acceptors (Lipinski definition) is 3. The molecular formula is C17H20N2O2. The Labute approximate surface area is 125 Å². The zero-order chi connectivity index (χ0) is 15.3. The van der Waals surface area contributed by atoms with E-state index in [0.29, 0.717) is 5.69 Å². The molecule has 1 heterocycles. The first kappa shape index (κ1) is 15.0. The van der Waals surface area contributed by atoms with Crippen LogP contribution in [0.1, 0.15) is 32.0 Å². The molecule has 0 unspecified atom stereocenters. The number of carbonyl (C=O) groups is 1. The largest absolute Gasteiger partial charge is 0.443 e. The minimum Gasteiger partial charge on any atom is -0.443 e. The molecule has 0 spiro atoms. The zero-order valence-electron chi connectivity index (χ0n) is 12.6. The molecule has 4 nitrogen and oxygen atoms in total. The first-order chi connectivity index (χ1) is 9.95. The van der Waals surface area contributed by atoms with Gasteiger partial charge in [-0.1, -0.05) is 39.0 Å². The summed E-state index contributed by atoms with van der Waals surface area (Å²) in [6.07, 6.45) is 1.19. The average Bonchev–Trinajstić information content (AvgIpc) is 2.46. The lowest BCUT2D eigenvalue weighted by Gasteiger charge is -2.19. The highest BCUT2D eigenvalue weighted by atomic mass is 16.5. The monoisotopic (exact) mass is 284 g/mol. The van der Waals surface area contributed by atoms with Gasteiger partial charge in [0.25, 0.3) is 0 Å². The molecule has 0 radical (unpaired) electrons. The second-order valence-electron chi connectivity index (χ2n) is 5.85. The summed E-state index contributed by atoms with van der Waals surface area (Å²) in [6, 6.07) is 13.3. The lowest BCUT2D eigenvalue weighted by molar-refractivity contribution is 0.153. The van der Waals surface area contributed by atoms with E-state index in [0.717, 1.165) is 5.69 Å². The minimum absolute atomic E-state index is 0.0953. The van der Waals surface area contributed by atoms with E-state index in [-0.39, 0.29) is 12.0 Å². The van der Waals surface area contributed by atoms with Crippen LogP contribution in [0.15, 0.2) is 48.7 Å². The molecule has 1 aromatic carbocycles. The standard InChI is InChI=1S/C17H20N2O2/c1-17(2,3)13-7-9-14(10-8-13)19-16(20)21-12-15-6-4-5-11-18-15/h4-11H,12H2,1-3H3,(H,19,20). The summed E-state index contributed by atoms with van der Waals surface area (Å²) in [6.45, 7) is 6.61. The third kappa shape index (κ3) is 4.60. The number of nitrogens with one attached hydrogen (secondary N) is 1. The van der Waals surface area contributed by atoms with E-state index in [1.54, 1.807) is 6.20 Å². The SMILES string of the molecule is CC(C)(C)c1ccc(NC(=O)OCc2ccccn2)cc1. The summed E-state index contributed by atoms with van der Waals surface area (Å²) < 4.78 is 5.12. The molecule has 21 heavy (non-hydrogen) atoms. The number of pyridine rings is 1. The van der Waals surface area contributed by atoms with Gasteiger partial charge in [0, 0.05) is 11.9 Å². The van der Waals surface area contributed by atoms with Gasteiger partial charge in [0.15, 0.2) is 0 Å². The molecule has 2 rings (SSSR count). The van der Waals surface area contributed by atoms with Crippen molar-refractivity contribution >= 4 is 11.8 Å². The Hall–Kier alpha value is -2.36. The second kappa shape index (κ2) is 6.39. The molecule has 0 saturated carbocycles. The summed E-state index contributed by atoms with van der Waals surface area (Å²) in [5.41, 5.74) is 2.75. The lowest BCUT2D eigenvalue weighted by atomic mass is 9.87. The van der Waals surface area contributed by atoms with Crippen LogP contribution in [0.3, 0.4) is 0 Å². The van der Waals surface area contributed by atoms with Gasteiger partial charge in [-0.15, -0.1) is 0 Å². The molecular weight excluding hydrogens is 264 g/mol. The van der Waals surface area contributed by atoms with Gasteiger partial charge in [-0.2, -0.15) is 0 Å². The van der Waals surface area contributed by atoms with Gasteiger partial charge in [-0.05, 0) is 35.2 Å². The molecule has 0 saturated heterocycles. The number of ether oxygens (including phenoxy) is 1. The second-order valence-corrected chi connectivity index (χ2v) is 5.85. The number of carbonyl (C=O) groups excluding carboxylic acids is 1. The maximum atomic E-state index is 11.7.